The molecule has 1 aliphatic carbocycles. The Balaban J connectivity index is 2.18. The van der Waals surface area contributed by atoms with Gasteiger partial charge in [0, 0.05) is 13.2 Å². The minimum Gasteiger partial charge on any atom is -0.481 e. The molecule has 1 saturated carbocycles. The van der Waals surface area contributed by atoms with Gasteiger partial charge in [0.1, 0.15) is 0 Å². The van der Waals surface area contributed by atoms with E-state index >= 15 is 0 Å². The van der Waals surface area contributed by atoms with Gasteiger partial charge in [-0.25, -0.2) is 0 Å². The van der Waals surface area contributed by atoms with Crippen molar-refractivity contribution in [3.63, 3.8) is 0 Å². The number of carbonyl (C=O) groups is 2. The second kappa shape index (κ2) is 8.08. The molecule has 5 nitrogen and oxygen atoms in total. The number of unbranched alkanes of at least 4 members (excludes halogenated alkanes) is 3. The van der Waals surface area contributed by atoms with Crippen LogP contribution in [0.5, 0.6) is 0 Å². The molecule has 0 heterocycles. The minimum atomic E-state index is -0.851. The predicted octanol–water partition coefficient (Wildman–Crippen LogP) is 1.16. The first-order valence-electron chi connectivity index (χ1n) is 6.78. The van der Waals surface area contributed by atoms with E-state index in [1.165, 1.54) is 0 Å². The number of aliphatic hydroxyl groups is 1. The van der Waals surface area contributed by atoms with Gasteiger partial charge in [0.15, 0.2) is 0 Å². The summed E-state index contributed by atoms with van der Waals surface area (Å²) in [7, 11) is 0. The number of carboxylic acids is 1. The molecule has 1 amide bonds. The summed E-state index contributed by atoms with van der Waals surface area (Å²) in [5.41, 5.74) is 0. The number of amides is 1. The van der Waals surface area contributed by atoms with E-state index in [0.29, 0.717) is 19.4 Å². The third-order valence-corrected chi connectivity index (χ3v) is 3.55. The van der Waals surface area contributed by atoms with Crippen LogP contribution in [-0.4, -0.2) is 35.2 Å². The number of rotatable bonds is 8. The highest BCUT2D eigenvalue weighted by molar-refractivity contribution is 5.85. The maximum absolute atomic E-state index is 11.8. The van der Waals surface area contributed by atoms with E-state index < -0.39 is 11.9 Å². The molecule has 1 fully saturated rings. The molecule has 1 aliphatic rings. The van der Waals surface area contributed by atoms with Gasteiger partial charge in [-0.05, 0) is 25.7 Å². The number of hydrogen-bond donors (Lipinski definition) is 3. The predicted molar refractivity (Wildman–Crippen MR) is 67.0 cm³/mol. The van der Waals surface area contributed by atoms with Crippen molar-refractivity contribution in [2.24, 2.45) is 11.8 Å². The van der Waals surface area contributed by atoms with Crippen molar-refractivity contribution in [1.29, 1.82) is 0 Å². The molecule has 5 heteroatoms. The number of aliphatic carboxylic acids is 1. The first-order chi connectivity index (χ1) is 8.66. The number of hydrogen-bond acceptors (Lipinski definition) is 3. The molecule has 0 unspecified atom stereocenters. The first-order valence-corrected chi connectivity index (χ1v) is 6.78. The van der Waals surface area contributed by atoms with E-state index in [9.17, 15) is 9.59 Å². The van der Waals surface area contributed by atoms with E-state index in [4.69, 9.17) is 10.2 Å². The van der Waals surface area contributed by atoms with E-state index in [1.807, 2.05) is 0 Å². The molecule has 0 bridgehead atoms. The van der Waals surface area contributed by atoms with Crippen LogP contribution in [0.1, 0.15) is 44.9 Å². The van der Waals surface area contributed by atoms with Gasteiger partial charge in [-0.15, -0.1) is 0 Å². The fraction of sp³-hybridized carbons (Fsp3) is 0.846. The highest BCUT2D eigenvalue weighted by Crippen LogP contribution is 2.31. The van der Waals surface area contributed by atoms with Gasteiger partial charge in [0.25, 0.3) is 0 Å². The van der Waals surface area contributed by atoms with Crippen LogP contribution >= 0.6 is 0 Å². The van der Waals surface area contributed by atoms with Crippen molar-refractivity contribution in [2.45, 2.75) is 44.9 Å². The largest absolute Gasteiger partial charge is 0.481 e. The zero-order valence-corrected chi connectivity index (χ0v) is 10.7. The summed E-state index contributed by atoms with van der Waals surface area (Å²) in [5.74, 6) is -1.81. The third kappa shape index (κ3) is 4.64. The maximum Gasteiger partial charge on any atom is 0.307 e. The van der Waals surface area contributed by atoms with Crippen LogP contribution in [0.4, 0.5) is 0 Å². The Hall–Kier alpha value is -1.10. The Labute approximate surface area is 108 Å². The molecule has 0 aromatic rings. The van der Waals surface area contributed by atoms with Crippen molar-refractivity contribution >= 4 is 11.9 Å². The Morgan fingerprint density at radius 1 is 1.06 bits per heavy atom. The van der Waals surface area contributed by atoms with E-state index in [-0.39, 0.29) is 18.4 Å². The summed E-state index contributed by atoms with van der Waals surface area (Å²) >= 11 is 0. The molecule has 0 spiro atoms. The van der Waals surface area contributed by atoms with Crippen LogP contribution in [0.15, 0.2) is 0 Å². The monoisotopic (exact) mass is 257 g/mol. The van der Waals surface area contributed by atoms with Crippen molar-refractivity contribution in [2.75, 3.05) is 13.2 Å². The van der Waals surface area contributed by atoms with Gasteiger partial charge in [0.05, 0.1) is 11.8 Å². The molecule has 0 aromatic heterocycles. The lowest BCUT2D eigenvalue weighted by atomic mass is 9.95. The summed E-state index contributed by atoms with van der Waals surface area (Å²) < 4.78 is 0. The Bertz CT molecular complexity index is 280. The standard InChI is InChI=1S/C13H23NO4/c15-9-4-2-1-3-8-14-12(16)10-6-5-7-11(10)13(17)18/h10-11,15H,1-9H2,(H,14,16)(H,17,18)/t10-,11+/m1/s1. The lowest BCUT2D eigenvalue weighted by Crippen LogP contribution is -2.35. The number of aliphatic hydroxyl groups excluding tert-OH is 1. The van der Waals surface area contributed by atoms with Crippen molar-refractivity contribution < 1.29 is 19.8 Å². The fourth-order valence-corrected chi connectivity index (χ4v) is 2.50. The number of carboxylic acid groups (broad SMARTS) is 1. The van der Waals surface area contributed by atoms with E-state index in [2.05, 4.69) is 5.32 Å². The molecule has 0 radical (unpaired) electrons. The van der Waals surface area contributed by atoms with Crippen LogP contribution in [0, 0.1) is 11.8 Å². The zero-order chi connectivity index (χ0) is 13.4. The van der Waals surface area contributed by atoms with Crippen LogP contribution in [-0.2, 0) is 9.59 Å². The first kappa shape index (κ1) is 15.0. The van der Waals surface area contributed by atoms with Crippen LogP contribution in [0.2, 0.25) is 0 Å². The highest BCUT2D eigenvalue weighted by Gasteiger charge is 2.37. The lowest BCUT2D eigenvalue weighted by Gasteiger charge is -2.15. The molecule has 0 saturated heterocycles. The molecule has 0 aliphatic heterocycles. The van der Waals surface area contributed by atoms with E-state index in [1.54, 1.807) is 0 Å². The summed E-state index contributed by atoms with van der Waals surface area (Å²) in [5, 5.41) is 20.4. The van der Waals surface area contributed by atoms with Crippen LogP contribution in [0.25, 0.3) is 0 Å². The highest BCUT2D eigenvalue weighted by atomic mass is 16.4. The van der Waals surface area contributed by atoms with Gasteiger partial charge in [-0.1, -0.05) is 19.3 Å². The van der Waals surface area contributed by atoms with Gasteiger partial charge in [-0.2, -0.15) is 0 Å². The normalized spacial score (nSPS) is 22.9. The van der Waals surface area contributed by atoms with E-state index in [0.717, 1.165) is 32.1 Å². The van der Waals surface area contributed by atoms with Gasteiger partial charge < -0.3 is 15.5 Å². The molecule has 104 valence electrons. The lowest BCUT2D eigenvalue weighted by molar-refractivity contribution is -0.146. The second-order valence-corrected chi connectivity index (χ2v) is 4.91. The Morgan fingerprint density at radius 3 is 2.39 bits per heavy atom. The maximum atomic E-state index is 11.8. The number of carbonyl (C=O) groups excluding carboxylic acids is 1. The molecule has 18 heavy (non-hydrogen) atoms. The zero-order valence-electron chi connectivity index (χ0n) is 10.7. The van der Waals surface area contributed by atoms with Crippen molar-refractivity contribution in [1.82, 2.24) is 5.32 Å². The average molecular weight is 257 g/mol. The minimum absolute atomic E-state index is 0.109. The Morgan fingerprint density at radius 2 is 1.72 bits per heavy atom. The Kier molecular flexibility index (Phi) is 6.72. The van der Waals surface area contributed by atoms with Crippen molar-refractivity contribution in [3.05, 3.63) is 0 Å². The SMILES string of the molecule is O=C(O)[C@H]1CCC[C@H]1C(=O)NCCCCCCO. The smallest absolute Gasteiger partial charge is 0.307 e. The van der Waals surface area contributed by atoms with Crippen LogP contribution in [0.3, 0.4) is 0 Å². The van der Waals surface area contributed by atoms with Crippen molar-refractivity contribution in [3.8, 4) is 0 Å². The third-order valence-electron chi connectivity index (χ3n) is 3.55. The number of nitrogens with one attached hydrogen (secondary N) is 1. The average Bonchev–Trinajstić information content (AvgIpc) is 2.82. The molecular weight excluding hydrogens is 234 g/mol. The van der Waals surface area contributed by atoms with Gasteiger partial charge in [-0.3, -0.25) is 9.59 Å². The quantitative estimate of drug-likeness (QED) is 0.569. The summed E-state index contributed by atoms with van der Waals surface area (Å²) in [6.07, 6.45) is 5.76. The molecule has 1 rings (SSSR count). The molecule has 0 aromatic carbocycles. The molecular formula is C13H23NO4. The fourth-order valence-electron chi connectivity index (χ4n) is 2.50. The topological polar surface area (TPSA) is 86.6 Å². The van der Waals surface area contributed by atoms with Gasteiger partial charge >= 0.3 is 5.97 Å². The summed E-state index contributed by atoms with van der Waals surface area (Å²) in [6.45, 7) is 0.821. The van der Waals surface area contributed by atoms with Crippen LogP contribution < -0.4 is 5.32 Å². The second-order valence-electron chi connectivity index (χ2n) is 4.91. The summed E-state index contributed by atoms with van der Waals surface area (Å²) in [4.78, 5) is 22.8. The van der Waals surface area contributed by atoms with Gasteiger partial charge in [0.2, 0.25) is 5.91 Å². The molecule has 2 atom stereocenters. The summed E-state index contributed by atoms with van der Waals surface area (Å²) in [6, 6.07) is 0. The molecule has 3 N–H and O–H groups in total.